The number of aromatic amines is 1. The number of H-pyrrole nitrogens is 1. The molecule has 1 atom stereocenters. The molecule has 1 saturated heterocycles. The molecule has 1 unspecified atom stereocenters. The SMILES string of the molecule is Cc1nc(N2CCOCC2)[nH]c(=O)c1CCC(=O)NC(C)c1ccccc1Br. The van der Waals surface area contributed by atoms with Crippen molar-refractivity contribution in [3.05, 3.63) is 55.9 Å². The van der Waals surface area contributed by atoms with Gasteiger partial charge in [-0.15, -0.1) is 0 Å². The van der Waals surface area contributed by atoms with Gasteiger partial charge in [0.25, 0.3) is 5.56 Å². The van der Waals surface area contributed by atoms with Crippen molar-refractivity contribution in [1.82, 2.24) is 15.3 Å². The summed E-state index contributed by atoms with van der Waals surface area (Å²) >= 11 is 3.50. The standard InChI is InChI=1S/C20H25BrN4O3/c1-13(15-5-3-4-6-17(15)21)22-18(26)8-7-16-14(2)23-20(24-19(16)27)25-9-11-28-12-10-25/h3-6,13H,7-12H2,1-2H3,(H,22,26)(H,23,24,27). The Labute approximate surface area is 172 Å². The second-order valence-electron chi connectivity index (χ2n) is 6.86. The smallest absolute Gasteiger partial charge is 0.255 e. The Morgan fingerprint density at radius 1 is 1.36 bits per heavy atom. The zero-order valence-electron chi connectivity index (χ0n) is 16.1. The molecule has 2 N–H and O–H groups in total. The Balaban J connectivity index is 1.61. The van der Waals surface area contributed by atoms with Gasteiger partial charge < -0.3 is 15.0 Å². The van der Waals surface area contributed by atoms with Gasteiger partial charge in [0.2, 0.25) is 11.9 Å². The maximum absolute atomic E-state index is 12.5. The highest BCUT2D eigenvalue weighted by molar-refractivity contribution is 9.10. The lowest BCUT2D eigenvalue weighted by Crippen LogP contribution is -2.38. The maximum Gasteiger partial charge on any atom is 0.255 e. The van der Waals surface area contributed by atoms with E-state index in [1.54, 1.807) is 0 Å². The van der Waals surface area contributed by atoms with Crippen molar-refractivity contribution in [3.63, 3.8) is 0 Å². The molecule has 0 bridgehead atoms. The Morgan fingerprint density at radius 2 is 2.07 bits per heavy atom. The molecule has 0 saturated carbocycles. The molecule has 150 valence electrons. The lowest BCUT2D eigenvalue weighted by atomic mass is 10.1. The van der Waals surface area contributed by atoms with Crippen molar-refractivity contribution >= 4 is 27.8 Å². The molecule has 3 rings (SSSR count). The largest absolute Gasteiger partial charge is 0.378 e. The number of ether oxygens (including phenoxy) is 1. The van der Waals surface area contributed by atoms with Crippen LogP contribution in [0, 0.1) is 6.92 Å². The van der Waals surface area contributed by atoms with E-state index in [1.165, 1.54) is 0 Å². The third-order valence-corrected chi connectivity index (χ3v) is 5.59. The number of hydrogen-bond donors (Lipinski definition) is 2. The minimum atomic E-state index is -0.180. The highest BCUT2D eigenvalue weighted by Gasteiger charge is 2.17. The molecular weight excluding hydrogens is 424 g/mol. The Kier molecular flexibility index (Phi) is 6.85. The van der Waals surface area contributed by atoms with Gasteiger partial charge in [-0.05, 0) is 31.9 Å². The van der Waals surface area contributed by atoms with Crippen LogP contribution in [-0.4, -0.2) is 42.2 Å². The van der Waals surface area contributed by atoms with Crippen molar-refractivity contribution in [2.45, 2.75) is 32.7 Å². The maximum atomic E-state index is 12.5. The van der Waals surface area contributed by atoms with Crippen LogP contribution in [0.4, 0.5) is 5.95 Å². The van der Waals surface area contributed by atoms with Crippen molar-refractivity contribution in [2.75, 3.05) is 31.2 Å². The summed E-state index contributed by atoms with van der Waals surface area (Å²) in [7, 11) is 0. The average molecular weight is 449 g/mol. The third-order valence-electron chi connectivity index (χ3n) is 4.87. The fourth-order valence-corrected chi connectivity index (χ4v) is 3.90. The first-order valence-electron chi connectivity index (χ1n) is 9.42. The van der Waals surface area contributed by atoms with Crippen LogP contribution in [-0.2, 0) is 16.0 Å². The number of benzene rings is 1. The Morgan fingerprint density at radius 3 is 2.75 bits per heavy atom. The lowest BCUT2D eigenvalue weighted by molar-refractivity contribution is -0.121. The van der Waals surface area contributed by atoms with Gasteiger partial charge in [0, 0.05) is 35.2 Å². The van der Waals surface area contributed by atoms with Crippen LogP contribution < -0.4 is 15.8 Å². The lowest BCUT2D eigenvalue weighted by Gasteiger charge is -2.27. The average Bonchev–Trinajstić information content (AvgIpc) is 2.68. The summed E-state index contributed by atoms with van der Waals surface area (Å²) in [4.78, 5) is 34.3. The number of carbonyl (C=O) groups is 1. The van der Waals surface area contributed by atoms with E-state index >= 15 is 0 Å². The number of aromatic nitrogens is 2. The number of hydrogen-bond acceptors (Lipinski definition) is 5. The predicted octanol–water partition coefficient (Wildman–Crippen LogP) is 2.49. The van der Waals surface area contributed by atoms with Crippen molar-refractivity contribution in [1.29, 1.82) is 0 Å². The number of anilines is 1. The van der Waals surface area contributed by atoms with Gasteiger partial charge in [0.05, 0.1) is 19.3 Å². The van der Waals surface area contributed by atoms with Gasteiger partial charge in [0.1, 0.15) is 0 Å². The van der Waals surface area contributed by atoms with E-state index in [4.69, 9.17) is 4.74 Å². The quantitative estimate of drug-likeness (QED) is 0.708. The summed E-state index contributed by atoms with van der Waals surface area (Å²) in [5, 5.41) is 2.99. The molecule has 1 fully saturated rings. The molecule has 1 aromatic carbocycles. The molecule has 2 aromatic rings. The summed E-state index contributed by atoms with van der Waals surface area (Å²) in [5.41, 5.74) is 2.06. The van der Waals surface area contributed by atoms with Crippen molar-refractivity contribution < 1.29 is 9.53 Å². The Hall–Kier alpha value is -2.19. The van der Waals surface area contributed by atoms with Crippen LogP contribution in [0.25, 0.3) is 0 Å². The number of amides is 1. The number of nitrogens with zero attached hydrogens (tertiary/aromatic N) is 2. The van der Waals surface area contributed by atoms with Gasteiger partial charge in [-0.3, -0.25) is 14.6 Å². The highest BCUT2D eigenvalue weighted by Crippen LogP contribution is 2.22. The van der Waals surface area contributed by atoms with Crippen LogP contribution in [0.5, 0.6) is 0 Å². The molecule has 1 aromatic heterocycles. The van der Waals surface area contributed by atoms with Gasteiger partial charge >= 0.3 is 0 Å². The molecule has 2 heterocycles. The van der Waals surface area contributed by atoms with E-state index in [2.05, 4.69) is 31.2 Å². The number of carbonyl (C=O) groups excluding carboxylic acids is 1. The van der Waals surface area contributed by atoms with Gasteiger partial charge in [-0.25, -0.2) is 4.98 Å². The molecule has 8 heteroatoms. The summed E-state index contributed by atoms with van der Waals surface area (Å²) < 4.78 is 6.29. The number of rotatable bonds is 6. The van der Waals surface area contributed by atoms with E-state index in [0.29, 0.717) is 49.9 Å². The molecule has 0 aliphatic carbocycles. The Bertz CT molecular complexity index is 893. The molecule has 7 nitrogen and oxygen atoms in total. The first-order chi connectivity index (χ1) is 13.5. The van der Waals surface area contributed by atoms with Crippen LogP contribution in [0.3, 0.4) is 0 Å². The van der Waals surface area contributed by atoms with Crippen LogP contribution >= 0.6 is 15.9 Å². The molecule has 0 spiro atoms. The first kappa shape index (κ1) is 20.5. The van der Waals surface area contributed by atoms with E-state index in [0.717, 1.165) is 10.0 Å². The predicted molar refractivity (Wildman–Crippen MR) is 112 cm³/mol. The van der Waals surface area contributed by atoms with E-state index in [-0.39, 0.29) is 23.9 Å². The monoisotopic (exact) mass is 448 g/mol. The van der Waals surface area contributed by atoms with Gasteiger partial charge in [-0.2, -0.15) is 0 Å². The van der Waals surface area contributed by atoms with Crippen LogP contribution in [0.2, 0.25) is 0 Å². The minimum absolute atomic E-state index is 0.0979. The number of morpholine rings is 1. The fraction of sp³-hybridized carbons (Fsp3) is 0.450. The van der Waals surface area contributed by atoms with Crippen LogP contribution in [0.1, 0.15) is 36.2 Å². The molecule has 28 heavy (non-hydrogen) atoms. The van der Waals surface area contributed by atoms with E-state index in [9.17, 15) is 9.59 Å². The minimum Gasteiger partial charge on any atom is -0.378 e. The first-order valence-corrected chi connectivity index (χ1v) is 10.2. The summed E-state index contributed by atoms with van der Waals surface area (Å²) in [6.07, 6.45) is 0.587. The van der Waals surface area contributed by atoms with Crippen molar-refractivity contribution in [2.24, 2.45) is 0 Å². The molecule has 0 radical (unpaired) electrons. The highest BCUT2D eigenvalue weighted by atomic mass is 79.9. The van der Waals surface area contributed by atoms with Gasteiger partial charge in [-0.1, -0.05) is 34.1 Å². The molecule has 1 aliphatic rings. The van der Waals surface area contributed by atoms with E-state index < -0.39 is 0 Å². The zero-order valence-corrected chi connectivity index (χ0v) is 17.7. The second kappa shape index (κ2) is 9.34. The third kappa shape index (κ3) is 4.99. The topological polar surface area (TPSA) is 87.3 Å². The van der Waals surface area contributed by atoms with Crippen LogP contribution in [0.15, 0.2) is 33.5 Å². The second-order valence-corrected chi connectivity index (χ2v) is 7.72. The summed E-state index contributed by atoms with van der Waals surface area (Å²) in [5.74, 6) is 0.473. The van der Waals surface area contributed by atoms with E-state index in [1.807, 2.05) is 43.0 Å². The fourth-order valence-electron chi connectivity index (χ4n) is 3.27. The molecule has 1 amide bonds. The summed E-state index contributed by atoms with van der Waals surface area (Å²) in [6.45, 7) is 6.42. The zero-order chi connectivity index (χ0) is 20.1. The number of nitrogens with one attached hydrogen (secondary N) is 2. The number of halogens is 1. The van der Waals surface area contributed by atoms with Gasteiger partial charge in [0.15, 0.2) is 0 Å². The number of aryl methyl sites for hydroxylation is 1. The molecule has 1 aliphatic heterocycles. The molecular formula is C20H25BrN4O3. The normalized spacial score (nSPS) is 15.3. The summed E-state index contributed by atoms with van der Waals surface area (Å²) in [6, 6.07) is 7.67. The van der Waals surface area contributed by atoms with Crippen molar-refractivity contribution in [3.8, 4) is 0 Å².